The standard InChI is InChI=1S/C23H28ClNO2S/c1-2-23(25,17-26)12-10-19-8-9-21(14-22(19)24)28-13-11-20(16-28)27-15-18-6-4-3-5-7-18/h3-9,11,13-14,16,26,28H,2,10,12,15,17,25H2,1H3. The second kappa shape index (κ2) is 9.66. The van der Waals surface area contributed by atoms with Crippen molar-refractivity contribution in [2.45, 2.75) is 43.2 Å². The zero-order chi connectivity index (χ0) is 20.0. The average Bonchev–Trinajstić information content (AvgIpc) is 3.21. The number of halogens is 1. The molecule has 0 spiro atoms. The van der Waals surface area contributed by atoms with Crippen molar-refractivity contribution in [3.8, 4) is 0 Å². The van der Waals surface area contributed by atoms with Crippen molar-refractivity contribution in [3.05, 3.63) is 87.3 Å². The monoisotopic (exact) mass is 417 g/mol. The third-order valence-electron chi connectivity index (χ3n) is 5.16. The maximum Gasteiger partial charge on any atom is 0.125 e. The molecule has 0 bridgehead atoms. The van der Waals surface area contributed by atoms with Gasteiger partial charge < -0.3 is 15.6 Å². The van der Waals surface area contributed by atoms with Crippen LogP contribution in [0.4, 0.5) is 0 Å². The van der Waals surface area contributed by atoms with Crippen molar-refractivity contribution in [1.29, 1.82) is 0 Å². The lowest BCUT2D eigenvalue weighted by molar-refractivity contribution is 0.183. The maximum absolute atomic E-state index is 9.48. The van der Waals surface area contributed by atoms with E-state index in [1.54, 1.807) is 0 Å². The van der Waals surface area contributed by atoms with Crippen molar-refractivity contribution >= 4 is 22.5 Å². The summed E-state index contributed by atoms with van der Waals surface area (Å²) >= 11 is 6.53. The molecule has 0 saturated heterocycles. The van der Waals surface area contributed by atoms with E-state index in [1.165, 1.54) is 4.90 Å². The van der Waals surface area contributed by atoms with E-state index in [9.17, 15) is 5.11 Å². The molecule has 150 valence electrons. The molecule has 2 aromatic carbocycles. The third kappa shape index (κ3) is 5.42. The molecule has 2 unspecified atom stereocenters. The van der Waals surface area contributed by atoms with Gasteiger partial charge in [-0.1, -0.05) is 54.9 Å². The minimum Gasteiger partial charge on any atom is -0.488 e. The van der Waals surface area contributed by atoms with Gasteiger partial charge in [0.2, 0.25) is 0 Å². The van der Waals surface area contributed by atoms with Gasteiger partial charge in [0.25, 0.3) is 0 Å². The first-order valence-electron chi connectivity index (χ1n) is 9.56. The normalized spacial score (nSPS) is 19.3. The fraction of sp³-hybridized carbons (Fsp3) is 0.304. The lowest BCUT2D eigenvalue weighted by Gasteiger charge is -2.25. The molecule has 0 radical (unpaired) electrons. The predicted molar refractivity (Wildman–Crippen MR) is 120 cm³/mol. The largest absolute Gasteiger partial charge is 0.488 e. The molecule has 28 heavy (non-hydrogen) atoms. The van der Waals surface area contributed by atoms with Gasteiger partial charge in [0.1, 0.15) is 12.4 Å². The van der Waals surface area contributed by atoms with Gasteiger partial charge in [-0.25, -0.2) is 0 Å². The van der Waals surface area contributed by atoms with Crippen molar-refractivity contribution in [1.82, 2.24) is 0 Å². The molecule has 3 rings (SSSR count). The molecule has 0 aromatic heterocycles. The molecule has 3 nitrogen and oxygen atoms in total. The number of allylic oxidation sites excluding steroid dienone is 1. The van der Waals surface area contributed by atoms with Crippen LogP contribution in [0.1, 0.15) is 30.9 Å². The summed E-state index contributed by atoms with van der Waals surface area (Å²) < 4.78 is 5.92. The first-order valence-corrected chi connectivity index (χ1v) is 11.4. The molecule has 2 aromatic rings. The van der Waals surface area contributed by atoms with Crippen LogP contribution in [0.5, 0.6) is 0 Å². The number of aliphatic hydroxyl groups is 1. The van der Waals surface area contributed by atoms with Gasteiger partial charge >= 0.3 is 0 Å². The smallest absolute Gasteiger partial charge is 0.125 e. The highest BCUT2D eigenvalue weighted by molar-refractivity contribution is 8.22. The molecule has 1 heterocycles. The van der Waals surface area contributed by atoms with Gasteiger partial charge in [-0.05, 0) is 58.9 Å². The van der Waals surface area contributed by atoms with E-state index in [-0.39, 0.29) is 6.61 Å². The van der Waals surface area contributed by atoms with Gasteiger partial charge in [0.15, 0.2) is 0 Å². The quantitative estimate of drug-likeness (QED) is 0.484. The first kappa shape index (κ1) is 21.0. The van der Waals surface area contributed by atoms with E-state index in [0.29, 0.717) is 13.0 Å². The summed E-state index contributed by atoms with van der Waals surface area (Å²) in [5.74, 6) is 0.911. The first-order chi connectivity index (χ1) is 13.5. The van der Waals surface area contributed by atoms with Gasteiger partial charge in [-0.3, -0.25) is 0 Å². The summed E-state index contributed by atoms with van der Waals surface area (Å²) in [5, 5.41) is 14.6. The summed E-state index contributed by atoms with van der Waals surface area (Å²) in [6, 6.07) is 16.4. The Morgan fingerprint density at radius 3 is 2.64 bits per heavy atom. The van der Waals surface area contributed by atoms with E-state index < -0.39 is 16.4 Å². The second-order valence-electron chi connectivity index (χ2n) is 7.18. The van der Waals surface area contributed by atoms with Crippen LogP contribution in [-0.4, -0.2) is 17.3 Å². The lowest BCUT2D eigenvalue weighted by Crippen LogP contribution is -2.43. The van der Waals surface area contributed by atoms with Gasteiger partial charge in [-0.2, -0.15) is 10.9 Å². The number of thiol groups is 1. The molecule has 2 atom stereocenters. The second-order valence-corrected chi connectivity index (χ2v) is 9.47. The fourth-order valence-electron chi connectivity index (χ4n) is 3.01. The molecule has 1 aliphatic rings. The van der Waals surface area contributed by atoms with E-state index in [2.05, 4.69) is 35.1 Å². The highest BCUT2D eigenvalue weighted by atomic mass is 35.5. The minimum atomic E-state index is -0.543. The van der Waals surface area contributed by atoms with Crippen LogP contribution < -0.4 is 5.73 Å². The van der Waals surface area contributed by atoms with Crippen molar-refractivity contribution < 1.29 is 9.84 Å². The van der Waals surface area contributed by atoms with Crippen molar-refractivity contribution in [3.63, 3.8) is 0 Å². The Morgan fingerprint density at radius 2 is 1.96 bits per heavy atom. The number of benzene rings is 2. The zero-order valence-electron chi connectivity index (χ0n) is 16.1. The van der Waals surface area contributed by atoms with Crippen LogP contribution in [0.3, 0.4) is 0 Å². The molecule has 0 saturated carbocycles. The zero-order valence-corrected chi connectivity index (χ0v) is 17.8. The molecule has 0 amide bonds. The number of aryl methyl sites for hydroxylation is 1. The van der Waals surface area contributed by atoms with Crippen LogP contribution in [0.2, 0.25) is 5.02 Å². The number of hydrogen-bond donors (Lipinski definition) is 3. The Bertz CT molecular complexity index is 847. The Hall–Kier alpha value is -1.72. The van der Waals surface area contributed by atoms with E-state index in [1.807, 2.05) is 37.3 Å². The Balaban J connectivity index is 1.61. The fourth-order valence-corrected chi connectivity index (χ4v) is 5.04. The van der Waals surface area contributed by atoms with Crippen LogP contribution in [0.15, 0.2) is 76.1 Å². The van der Waals surface area contributed by atoms with Crippen molar-refractivity contribution in [2.75, 3.05) is 6.61 Å². The average molecular weight is 418 g/mol. The molecule has 0 aliphatic carbocycles. The summed E-state index contributed by atoms with van der Waals surface area (Å²) in [7, 11) is -0.543. The van der Waals surface area contributed by atoms with Crippen LogP contribution in [0.25, 0.3) is 0 Å². The van der Waals surface area contributed by atoms with Gasteiger partial charge in [0, 0.05) is 16.0 Å². The molecule has 3 N–H and O–H groups in total. The number of rotatable bonds is 9. The summed E-state index contributed by atoms with van der Waals surface area (Å²) in [5.41, 5.74) is 7.89. The highest BCUT2D eigenvalue weighted by Crippen LogP contribution is 2.45. The van der Waals surface area contributed by atoms with E-state index in [0.717, 1.165) is 34.8 Å². The summed E-state index contributed by atoms with van der Waals surface area (Å²) in [4.78, 5) is 1.20. The van der Waals surface area contributed by atoms with Gasteiger partial charge in [0.05, 0.1) is 6.61 Å². The predicted octanol–water partition coefficient (Wildman–Crippen LogP) is 5.32. The topological polar surface area (TPSA) is 55.5 Å². The van der Waals surface area contributed by atoms with Crippen LogP contribution in [-0.2, 0) is 17.8 Å². The van der Waals surface area contributed by atoms with Crippen LogP contribution >= 0.6 is 22.5 Å². The number of hydrogen-bond acceptors (Lipinski definition) is 3. The summed E-state index contributed by atoms with van der Waals surface area (Å²) in [6.07, 6.45) is 4.26. The molecule has 1 aliphatic heterocycles. The Kier molecular flexibility index (Phi) is 7.24. The third-order valence-corrected chi connectivity index (χ3v) is 7.39. The molecule has 0 fully saturated rings. The Labute approximate surface area is 175 Å². The summed E-state index contributed by atoms with van der Waals surface area (Å²) in [6.45, 7) is 2.56. The number of nitrogens with two attached hydrogens (primary N) is 1. The number of ether oxygens (including phenoxy) is 1. The van der Waals surface area contributed by atoms with Crippen LogP contribution in [0, 0.1) is 0 Å². The minimum absolute atomic E-state index is 0.00808. The van der Waals surface area contributed by atoms with Crippen molar-refractivity contribution in [2.24, 2.45) is 5.73 Å². The highest BCUT2D eigenvalue weighted by Gasteiger charge is 2.21. The maximum atomic E-state index is 9.48. The van der Waals surface area contributed by atoms with E-state index >= 15 is 0 Å². The molecular formula is C23H28ClNO2S. The lowest BCUT2D eigenvalue weighted by atomic mass is 9.90. The number of aliphatic hydroxyl groups excluding tert-OH is 1. The van der Waals surface area contributed by atoms with E-state index in [4.69, 9.17) is 22.1 Å². The molecule has 5 heteroatoms. The molecular weight excluding hydrogens is 390 g/mol. The Morgan fingerprint density at radius 1 is 1.18 bits per heavy atom. The SMILES string of the molecule is CCC(N)(CO)CCc1ccc([SH]2C=CC(OCc3ccccc3)=C2)cc1Cl. The van der Waals surface area contributed by atoms with Gasteiger partial charge in [-0.15, -0.1) is 0 Å².